The van der Waals surface area contributed by atoms with Crippen LogP contribution < -0.4 is 5.32 Å². The first-order valence-electron chi connectivity index (χ1n) is 9.35. The van der Waals surface area contributed by atoms with E-state index < -0.39 is 10.0 Å². The van der Waals surface area contributed by atoms with Gasteiger partial charge < -0.3 is 5.32 Å². The molecule has 0 spiro atoms. The summed E-state index contributed by atoms with van der Waals surface area (Å²) in [7, 11) is -3.51. The summed E-state index contributed by atoms with van der Waals surface area (Å²) >= 11 is 0. The Morgan fingerprint density at radius 2 is 1.81 bits per heavy atom. The minimum atomic E-state index is -3.51. The summed E-state index contributed by atoms with van der Waals surface area (Å²) < 4.78 is 28.1. The molecule has 0 radical (unpaired) electrons. The van der Waals surface area contributed by atoms with Gasteiger partial charge in [-0.15, -0.1) is 0 Å². The summed E-state index contributed by atoms with van der Waals surface area (Å²) in [6, 6.07) is 11.5. The normalized spacial score (nSPS) is 21.5. The number of pyridine rings is 1. The summed E-state index contributed by atoms with van der Waals surface area (Å²) in [6.45, 7) is 2.52. The van der Waals surface area contributed by atoms with E-state index in [0.29, 0.717) is 17.5 Å². The van der Waals surface area contributed by atoms with Gasteiger partial charge in [-0.3, -0.25) is 0 Å². The average molecular weight is 372 g/mol. The Morgan fingerprint density at radius 3 is 2.46 bits per heavy atom. The zero-order valence-corrected chi connectivity index (χ0v) is 15.9. The Kier molecular flexibility index (Phi) is 4.71. The van der Waals surface area contributed by atoms with Crippen molar-refractivity contribution in [3.05, 3.63) is 53.7 Å². The van der Waals surface area contributed by atoms with Gasteiger partial charge in [0.2, 0.25) is 10.0 Å². The molecule has 1 aromatic heterocycles. The molecular formula is C20H25N3O2S. The number of nitrogens with one attached hydrogen (secondary N) is 1. The first-order valence-corrected chi connectivity index (χ1v) is 10.8. The number of sulfonamides is 1. The fourth-order valence-corrected chi connectivity index (χ4v) is 5.18. The second kappa shape index (κ2) is 7.00. The largest absolute Gasteiger partial charge is 0.367 e. The molecular weight excluding hydrogens is 346 g/mol. The predicted octanol–water partition coefficient (Wildman–Crippen LogP) is 3.88. The van der Waals surface area contributed by atoms with Gasteiger partial charge in [0.25, 0.3) is 0 Å². The molecule has 0 bridgehead atoms. The Balaban J connectivity index is 1.60. The summed E-state index contributed by atoms with van der Waals surface area (Å²) in [5.74, 6) is 0.875. The van der Waals surface area contributed by atoms with Crippen LogP contribution >= 0.6 is 0 Å². The molecule has 5 nitrogen and oxygen atoms in total. The SMILES string of the molecule is Cc1ccc(S(=O)(=O)N2CCCC[C@H]2c2ccc(NC3CC3)nc2)cc1. The first kappa shape index (κ1) is 17.5. The molecule has 1 aliphatic carbocycles. The van der Waals surface area contributed by atoms with Gasteiger partial charge in [0.1, 0.15) is 5.82 Å². The predicted molar refractivity (Wildman–Crippen MR) is 103 cm³/mol. The van der Waals surface area contributed by atoms with Crippen molar-refractivity contribution in [3.63, 3.8) is 0 Å². The zero-order valence-electron chi connectivity index (χ0n) is 15.1. The van der Waals surface area contributed by atoms with Crippen molar-refractivity contribution in [2.24, 2.45) is 0 Å². The number of anilines is 1. The van der Waals surface area contributed by atoms with E-state index >= 15 is 0 Å². The fraction of sp³-hybridized carbons (Fsp3) is 0.450. The van der Waals surface area contributed by atoms with E-state index in [4.69, 9.17) is 0 Å². The summed E-state index contributed by atoms with van der Waals surface area (Å²) in [5, 5.41) is 3.38. The van der Waals surface area contributed by atoms with E-state index in [-0.39, 0.29) is 6.04 Å². The van der Waals surface area contributed by atoms with Crippen molar-refractivity contribution in [3.8, 4) is 0 Å². The molecule has 1 aliphatic heterocycles. The number of benzene rings is 1. The molecule has 6 heteroatoms. The number of piperidine rings is 1. The van der Waals surface area contributed by atoms with Gasteiger partial charge in [-0.1, -0.05) is 30.2 Å². The highest BCUT2D eigenvalue weighted by Crippen LogP contribution is 2.35. The average Bonchev–Trinajstić information content (AvgIpc) is 3.47. The fourth-order valence-electron chi connectivity index (χ4n) is 3.50. The van der Waals surface area contributed by atoms with Crippen LogP contribution in [-0.2, 0) is 10.0 Å². The number of aromatic nitrogens is 1. The highest BCUT2D eigenvalue weighted by molar-refractivity contribution is 7.89. The Hall–Kier alpha value is -1.92. The van der Waals surface area contributed by atoms with Crippen molar-refractivity contribution < 1.29 is 8.42 Å². The van der Waals surface area contributed by atoms with Crippen LogP contribution in [0.3, 0.4) is 0 Å². The van der Waals surface area contributed by atoms with Gasteiger partial charge in [0.15, 0.2) is 0 Å². The number of rotatable bonds is 5. The van der Waals surface area contributed by atoms with Crippen LogP contribution in [0.15, 0.2) is 47.5 Å². The van der Waals surface area contributed by atoms with Crippen molar-refractivity contribution in [1.29, 1.82) is 0 Å². The molecule has 2 aromatic rings. The number of hydrogen-bond acceptors (Lipinski definition) is 4. The third-order valence-electron chi connectivity index (χ3n) is 5.18. The van der Waals surface area contributed by atoms with E-state index in [9.17, 15) is 8.42 Å². The number of aryl methyl sites for hydroxylation is 1. The van der Waals surface area contributed by atoms with Crippen LogP contribution in [0.25, 0.3) is 0 Å². The maximum absolute atomic E-state index is 13.2. The molecule has 138 valence electrons. The van der Waals surface area contributed by atoms with Crippen molar-refractivity contribution >= 4 is 15.8 Å². The summed E-state index contributed by atoms with van der Waals surface area (Å²) in [4.78, 5) is 4.87. The van der Waals surface area contributed by atoms with Gasteiger partial charge >= 0.3 is 0 Å². The van der Waals surface area contributed by atoms with Gasteiger partial charge in [0.05, 0.1) is 10.9 Å². The van der Waals surface area contributed by atoms with E-state index in [1.807, 2.05) is 37.4 Å². The lowest BCUT2D eigenvalue weighted by Gasteiger charge is -2.35. The molecule has 1 saturated heterocycles. The monoisotopic (exact) mass is 371 g/mol. The standard InChI is InChI=1S/C20H25N3O2S/c1-15-5-10-18(11-6-15)26(24,25)23-13-3-2-4-19(23)16-7-12-20(21-14-16)22-17-8-9-17/h5-7,10-12,14,17,19H,2-4,8-9,13H2,1H3,(H,21,22)/t19-/m0/s1. The minimum absolute atomic E-state index is 0.141. The Bertz CT molecular complexity index is 859. The molecule has 0 amide bonds. The van der Waals surface area contributed by atoms with Gasteiger partial charge in [-0.25, -0.2) is 13.4 Å². The molecule has 26 heavy (non-hydrogen) atoms. The van der Waals surface area contributed by atoms with Crippen molar-refractivity contribution in [2.45, 2.75) is 56.0 Å². The van der Waals surface area contributed by atoms with E-state index in [1.165, 1.54) is 12.8 Å². The summed E-state index contributed by atoms with van der Waals surface area (Å²) in [5.41, 5.74) is 2.03. The minimum Gasteiger partial charge on any atom is -0.367 e. The third-order valence-corrected chi connectivity index (χ3v) is 7.10. The topological polar surface area (TPSA) is 62.3 Å². The number of hydrogen-bond donors (Lipinski definition) is 1. The second-order valence-electron chi connectivity index (χ2n) is 7.34. The Labute approximate surface area is 155 Å². The lowest BCUT2D eigenvalue weighted by Crippen LogP contribution is -2.38. The van der Waals surface area contributed by atoms with E-state index in [0.717, 1.165) is 36.2 Å². The highest BCUT2D eigenvalue weighted by atomic mass is 32.2. The highest BCUT2D eigenvalue weighted by Gasteiger charge is 2.34. The molecule has 1 N–H and O–H groups in total. The maximum atomic E-state index is 13.2. The molecule has 1 saturated carbocycles. The summed E-state index contributed by atoms with van der Waals surface area (Å²) in [6.07, 6.45) is 7.01. The van der Waals surface area contributed by atoms with Crippen LogP contribution in [0.4, 0.5) is 5.82 Å². The Morgan fingerprint density at radius 1 is 1.04 bits per heavy atom. The van der Waals surface area contributed by atoms with E-state index in [1.54, 1.807) is 16.4 Å². The second-order valence-corrected chi connectivity index (χ2v) is 9.23. The molecule has 2 fully saturated rings. The van der Waals surface area contributed by atoms with Crippen LogP contribution in [-0.4, -0.2) is 30.3 Å². The zero-order chi connectivity index (χ0) is 18.1. The molecule has 4 rings (SSSR count). The maximum Gasteiger partial charge on any atom is 0.243 e. The molecule has 0 unspecified atom stereocenters. The van der Waals surface area contributed by atoms with Gasteiger partial charge in [-0.2, -0.15) is 4.31 Å². The lowest BCUT2D eigenvalue weighted by atomic mass is 9.99. The van der Waals surface area contributed by atoms with Crippen LogP contribution in [0.2, 0.25) is 0 Å². The van der Waals surface area contributed by atoms with Crippen LogP contribution in [0.5, 0.6) is 0 Å². The molecule has 2 heterocycles. The molecule has 1 atom stereocenters. The quantitative estimate of drug-likeness (QED) is 0.866. The number of nitrogens with zero attached hydrogens (tertiary/aromatic N) is 2. The molecule has 2 aliphatic rings. The van der Waals surface area contributed by atoms with Crippen LogP contribution in [0, 0.1) is 6.92 Å². The van der Waals surface area contributed by atoms with Crippen molar-refractivity contribution in [1.82, 2.24) is 9.29 Å². The molecule has 1 aromatic carbocycles. The smallest absolute Gasteiger partial charge is 0.243 e. The lowest BCUT2D eigenvalue weighted by molar-refractivity contribution is 0.255. The van der Waals surface area contributed by atoms with Crippen molar-refractivity contribution in [2.75, 3.05) is 11.9 Å². The van der Waals surface area contributed by atoms with Gasteiger partial charge in [-0.05, 0) is 56.4 Å². The van der Waals surface area contributed by atoms with Gasteiger partial charge in [0, 0.05) is 18.8 Å². The first-order chi connectivity index (χ1) is 12.5. The van der Waals surface area contributed by atoms with E-state index in [2.05, 4.69) is 10.3 Å². The van der Waals surface area contributed by atoms with Crippen LogP contribution in [0.1, 0.15) is 49.3 Å². The third kappa shape index (κ3) is 3.62.